The van der Waals surface area contributed by atoms with Gasteiger partial charge in [-0.25, -0.2) is 4.39 Å². The number of amides is 2. The van der Waals surface area contributed by atoms with E-state index in [1.165, 1.54) is 18.2 Å². The van der Waals surface area contributed by atoms with Gasteiger partial charge in [0.1, 0.15) is 11.6 Å². The summed E-state index contributed by atoms with van der Waals surface area (Å²) in [4.78, 5) is 24.9. The zero-order valence-electron chi connectivity index (χ0n) is 15.4. The van der Waals surface area contributed by atoms with Crippen molar-refractivity contribution < 1.29 is 18.7 Å². The summed E-state index contributed by atoms with van der Waals surface area (Å²) in [5, 5.41) is 7.18. The van der Waals surface area contributed by atoms with Gasteiger partial charge in [-0.15, -0.1) is 0 Å². The zero-order chi connectivity index (χ0) is 20.4. The number of benzene rings is 3. The molecule has 5 nitrogen and oxygen atoms in total. The lowest BCUT2D eigenvalue weighted by molar-refractivity contribution is -0.123. The van der Waals surface area contributed by atoms with Crippen LogP contribution < -0.4 is 15.4 Å². The number of anilines is 1. The number of hydrogen-bond donors (Lipinski definition) is 2. The molecule has 2 N–H and O–H groups in total. The molecule has 0 saturated heterocycles. The number of fused-ring (bicyclic) bond motifs is 1. The summed E-state index contributed by atoms with van der Waals surface area (Å²) < 4.78 is 19.0. The van der Waals surface area contributed by atoms with E-state index in [9.17, 15) is 14.0 Å². The molecule has 0 spiro atoms. The van der Waals surface area contributed by atoms with Crippen LogP contribution in [0.1, 0.15) is 23.2 Å². The molecular formula is C22H18ClFN2O3. The third-order valence-electron chi connectivity index (χ3n) is 4.57. The third kappa shape index (κ3) is 4.66. The molecule has 1 fully saturated rings. The summed E-state index contributed by atoms with van der Waals surface area (Å²) in [6, 6.07) is 15.1. The van der Waals surface area contributed by atoms with E-state index in [4.69, 9.17) is 16.3 Å². The van der Waals surface area contributed by atoms with Crippen LogP contribution in [0.3, 0.4) is 0 Å². The minimum absolute atomic E-state index is 0.0884. The Hall–Kier alpha value is -3.12. The molecule has 0 radical (unpaired) electrons. The summed E-state index contributed by atoms with van der Waals surface area (Å²) in [5.74, 6) is -0.949. The van der Waals surface area contributed by atoms with Gasteiger partial charge in [-0.05, 0) is 53.9 Å². The van der Waals surface area contributed by atoms with Crippen LogP contribution in [-0.4, -0.2) is 24.5 Å². The first-order valence-corrected chi connectivity index (χ1v) is 9.59. The van der Waals surface area contributed by atoms with Gasteiger partial charge in [0.2, 0.25) is 0 Å². The molecule has 1 saturated carbocycles. The van der Waals surface area contributed by atoms with Crippen molar-refractivity contribution in [2.75, 3.05) is 11.9 Å². The smallest absolute Gasteiger partial charge is 0.259 e. The number of rotatable bonds is 6. The van der Waals surface area contributed by atoms with E-state index in [1.54, 1.807) is 12.1 Å². The van der Waals surface area contributed by atoms with Crippen molar-refractivity contribution in [2.45, 2.75) is 18.9 Å². The van der Waals surface area contributed by atoms with Crippen LogP contribution in [0.15, 0.2) is 54.6 Å². The average Bonchev–Trinajstić information content (AvgIpc) is 3.52. The molecule has 0 aliphatic heterocycles. The van der Waals surface area contributed by atoms with E-state index < -0.39 is 11.7 Å². The van der Waals surface area contributed by atoms with Crippen LogP contribution in [0.2, 0.25) is 5.02 Å². The number of nitrogens with one attached hydrogen (secondary N) is 2. The van der Waals surface area contributed by atoms with E-state index in [1.807, 2.05) is 24.3 Å². The Morgan fingerprint density at radius 1 is 1.07 bits per heavy atom. The van der Waals surface area contributed by atoms with Gasteiger partial charge in [0.05, 0.1) is 10.6 Å². The fourth-order valence-electron chi connectivity index (χ4n) is 2.93. The van der Waals surface area contributed by atoms with E-state index in [-0.39, 0.29) is 29.1 Å². The maximum absolute atomic E-state index is 13.4. The number of halogens is 2. The largest absolute Gasteiger partial charge is 0.483 e. The number of ether oxygens (including phenoxy) is 1. The Labute approximate surface area is 171 Å². The zero-order valence-corrected chi connectivity index (χ0v) is 16.1. The predicted molar refractivity (Wildman–Crippen MR) is 110 cm³/mol. The quantitative estimate of drug-likeness (QED) is 0.624. The summed E-state index contributed by atoms with van der Waals surface area (Å²) in [7, 11) is 0. The highest BCUT2D eigenvalue weighted by atomic mass is 35.5. The minimum atomic E-state index is -0.568. The first-order chi connectivity index (χ1) is 14.0. The first-order valence-electron chi connectivity index (χ1n) is 9.21. The molecule has 1 aliphatic carbocycles. The maximum Gasteiger partial charge on any atom is 0.259 e. The molecule has 3 aromatic carbocycles. The van der Waals surface area contributed by atoms with Crippen LogP contribution in [0.4, 0.5) is 10.1 Å². The Kier molecular flexibility index (Phi) is 5.36. The lowest BCUT2D eigenvalue weighted by atomic mass is 10.1. The molecule has 148 valence electrons. The lowest BCUT2D eigenvalue weighted by Crippen LogP contribution is -2.30. The highest BCUT2D eigenvalue weighted by molar-refractivity contribution is 6.31. The molecule has 0 aromatic heterocycles. The van der Waals surface area contributed by atoms with Gasteiger partial charge < -0.3 is 15.4 Å². The summed E-state index contributed by atoms with van der Waals surface area (Å²) in [6.07, 6.45) is 1.96. The lowest BCUT2D eigenvalue weighted by Gasteiger charge is -2.14. The van der Waals surface area contributed by atoms with Crippen LogP contribution in [0, 0.1) is 5.82 Å². The molecular weight excluding hydrogens is 395 g/mol. The van der Waals surface area contributed by atoms with Crippen LogP contribution in [-0.2, 0) is 4.79 Å². The molecule has 0 unspecified atom stereocenters. The van der Waals surface area contributed by atoms with E-state index >= 15 is 0 Å². The molecule has 7 heteroatoms. The van der Waals surface area contributed by atoms with Crippen LogP contribution in [0.5, 0.6) is 5.75 Å². The third-order valence-corrected chi connectivity index (χ3v) is 4.86. The monoisotopic (exact) mass is 412 g/mol. The maximum atomic E-state index is 13.4. The fraction of sp³-hybridized carbons (Fsp3) is 0.182. The van der Waals surface area contributed by atoms with Crippen LogP contribution in [0.25, 0.3) is 10.8 Å². The standard InChI is InChI=1S/C22H18ClFN2O3/c23-18-11-16(7-8-19(18)24)26-22(28)17-9-13-3-1-2-4-14(13)10-20(17)29-12-21(27)25-15-5-6-15/h1-4,7-11,15H,5-6,12H2,(H,25,27)(H,26,28). The molecule has 0 bridgehead atoms. The van der Waals surface area contributed by atoms with E-state index in [2.05, 4.69) is 10.6 Å². The summed E-state index contributed by atoms with van der Waals surface area (Å²) in [6.45, 7) is -0.183. The van der Waals surface area contributed by atoms with Crippen LogP contribution >= 0.6 is 11.6 Å². The van der Waals surface area contributed by atoms with Crippen molar-refractivity contribution in [3.05, 3.63) is 71.0 Å². The van der Waals surface area contributed by atoms with Gasteiger partial charge in [-0.3, -0.25) is 9.59 Å². The molecule has 0 heterocycles. The van der Waals surface area contributed by atoms with Crippen molar-refractivity contribution in [1.29, 1.82) is 0 Å². The highest BCUT2D eigenvalue weighted by Crippen LogP contribution is 2.28. The molecule has 2 amide bonds. The SMILES string of the molecule is O=C(COc1cc2ccccc2cc1C(=O)Nc1ccc(F)c(Cl)c1)NC1CC1. The summed E-state index contributed by atoms with van der Waals surface area (Å²) in [5.41, 5.74) is 0.621. The minimum Gasteiger partial charge on any atom is -0.483 e. The Morgan fingerprint density at radius 2 is 1.79 bits per heavy atom. The average molecular weight is 413 g/mol. The number of carbonyl (C=O) groups is 2. The van der Waals surface area contributed by atoms with E-state index in [0.717, 1.165) is 23.6 Å². The second kappa shape index (κ2) is 8.09. The molecule has 4 rings (SSSR count). The van der Waals surface area contributed by atoms with Gasteiger partial charge in [-0.1, -0.05) is 35.9 Å². The van der Waals surface area contributed by atoms with Crippen molar-refractivity contribution in [1.82, 2.24) is 5.32 Å². The molecule has 29 heavy (non-hydrogen) atoms. The topological polar surface area (TPSA) is 67.4 Å². The Morgan fingerprint density at radius 3 is 2.48 bits per heavy atom. The summed E-state index contributed by atoms with van der Waals surface area (Å²) >= 11 is 5.79. The van der Waals surface area contributed by atoms with Gasteiger partial charge in [0, 0.05) is 11.7 Å². The van der Waals surface area contributed by atoms with Gasteiger partial charge in [0.25, 0.3) is 11.8 Å². The second-order valence-electron chi connectivity index (χ2n) is 6.91. The Balaban J connectivity index is 1.60. The van der Waals surface area contributed by atoms with Gasteiger partial charge in [-0.2, -0.15) is 0 Å². The van der Waals surface area contributed by atoms with Gasteiger partial charge in [0.15, 0.2) is 6.61 Å². The Bertz CT molecular complexity index is 1100. The van der Waals surface area contributed by atoms with Crippen molar-refractivity contribution in [3.63, 3.8) is 0 Å². The van der Waals surface area contributed by atoms with Crippen molar-refractivity contribution in [3.8, 4) is 5.75 Å². The van der Waals surface area contributed by atoms with Gasteiger partial charge >= 0.3 is 0 Å². The molecule has 3 aromatic rings. The fourth-order valence-corrected chi connectivity index (χ4v) is 3.11. The first kappa shape index (κ1) is 19.2. The molecule has 1 aliphatic rings. The predicted octanol–water partition coefficient (Wildman–Crippen LogP) is 4.54. The van der Waals surface area contributed by atoms with Crippen molar-refractivity contribution in [2.24, 2.45) is 0 Å². The molecule has 0 atom stereocenters. The highest BCUT2D eigenvalue weighted by Gasteiger charge is 2.24. The number of hydrogen-bond acceptors (Lipinski definition) is 3. The second-order valence-corrected chi connectivity index (χ2v) is 7.32. The number of carbonyl (C=O) groups excluding carboxylic acids is 2. The van der Waals surface area contributed by atoms with E-state index in [0.29, 0.717) is 11.4 Å². The van der Waals surface area contributed by atoms with Crippen molar-refractivity contribution >= 4 is 39.9 Å². The normalized spacial score (nSPS) is 13.2.